The molecule has 3 aliphatic carbocycles. The van der Waals surface area contributed by atoms with Crippen molar-refractivity contribution in [3.63, 3.8) is 0 Å². The maximum Gasteiger partial charge on any atom is 0.338 e. The van der Waals surface area contributed by atoms with Gasteiger partial charge in [-0.05, 0) is 54.8 Å². The van der Waals surface area contributed by atoms with E-state index in [4.69, 9.17) is 48.1 Å². The monoisotopic (exact) mass is 1200 g/mol. The molecule has 2 saturated carbocycles. The Labute approximate surface area is 487 Å². The SMILES string of the molecule is CC(=O)O[C@H]1C(=O)[C@@]2(C)[C@H]([C@H](OC(=O)c3ccccc3)[C@]3(O)C[C@H](OC(=O)[C@H](O)[C@@H](NC(=O)c4ccccc4)c4ccccc4)C(C)=C1C3(C)C)[C@]1(OC(C)=O)CO[C@@H]1C[C@@H]2O.OC[C@H]1O[C@H](O[C@H]2O[C@H](CO)[C@@H](O)[C@H](O)[C@H]2O)[C@H](O)[C@@H](O)[C@@H]1O. The maximum absolute atomic E-state index is 15.5. The van der Waals surface area contributed by atoms with Crippen molar-refractivity contribution >= 4 is 35.6 Å². The lowest BCUT2D eigenvalue weighted by atomic mass is 9.44. The van der Waals surface area contributed by atoms with Crippen LogP contribution in [0.25, 0.3) is 0 Å². The summed E-state index contributed by atoms with van der Waals surface area (Å²) < 4.78 is 45.6. The van der Waals surface area contributed by atoms with Crippen LogP contribution in [0.2, 0.25) is 0 Å². The van der Waals surface area contributed by atoms with Crippen molar-refractivity contribution < 1.29 is 123 Å². The van der Waals surface area contributed by atoms with E-state index in [1.807, 2.05) is 0 Å². The number of nitrogens with one attached hydrogen (secondary N) is 1. The molecule has 26 heteroatoms. The van der Waals surface area contributed by atoms with Gasteiger partial charge in [0.15, 0.2) is 36.2 Å². The number of aliphatic hydroxyl groups excluding tert-OH is 10. The van der Waals surface area contributed by atoms with Crippen LogP contribution in [0, 0.1) is 16.7 Å². The fourth-order valence-electron chi connectivity index (χ4n) is 12.7. The van der Waals surface area contributed by atoms with Gasteiger partial charge in [0.05, 0.1) is 48.9 Å². The molecule has 26 nitrogen and oxygen atoms in total. The first-order valence-electron chi connectivity index (χ1n) is 27.6. The first kappa shape index (κ1) is 64.8. The summed E-state index contributed by atoms with van der Waals surface area (Å²) in [6.07, 6.45) is -26.1. The minimum atomic E-state index is -2.39. The summed E-state index contributed by atoms with van der Waals surface area (Å²) in [4.78, 5) is 83.5. The third-order valence-electron chi connectivity index (χ3n) is 17.4. The summed E-state index contributed by atoms with van der Waals surface area (Å²) in [6, 6.07) is 22.9. The Bertz CT molecular complexity index is 2890. The van der Waals surface area contributed by atoms with Crippen molar-refractivity contribution in [2.24, 2.45) is 16.7 Å². The van der Waals surface area contributed by atoms with Gasteiger partial charge >= 0.3 is 23.9 Å². The molecule has 0 aromatic heterocycles. The number of Topliss-reactive ketones (excluding diaryl/α,β-unsaturated/α-hetero) is 1. The number of ketones is 1. The van der Waals surface area contributed by atoms with Crippen molar-refractivity contribution in [3.8, 4) is 0 Å². The summed E-state index contributed by atoms with van der Waals surface area (Å²) in [5.74, 6) is -6.84. The van der Waals surface area contributed by atoms with Gasteiger partial charge in [-0.1, -0.05) is 80.6 Å². The Balaban J connectivity index is 0.000000342. The molecule has 0 spiro atoms. The topological polar surface area (TPSA) is 411 Å². The highest BCUT2D eigenvalue weighted by Gasteiger charge is 2.78. The van der Waals surface area contributed by atoms with Crippen molar-refractivity contribution in [1.29, 1.82) is 0 Å². The van der Waals surface area contributed by atoms with Crippen molar-refractivity contribution in [3.05, 3.63) is 119 Å². The first-order chi connectivity index (χ1) is 40.1. The molecule has 0 unspecified atom stereocenters. The Morgan fingerprint density at radius 1 is 0.694 bits per heavy atom. The molecule has 3 saturated heterocycles. The second-order valence-corrected chi connectivity index (χ2v) is 22.9. The zero-order chi connectivity index (χ0) is 62.2. The fraction of sp³-hybridized carbons (Fsp3) is 0.559. The third-order valence-corrected chi connectivity index (χ3v) is 17.4. The molecular weight excluding hydrogens is 1120 g/mol. The van der Waals surface area contributed by atoms with E-state index in [2.05, 4.69) is 5.32 Å². The Morgan fingerprint density at radius 3 is 1.69 bits per heavy atom. The number of rotatable bonds is 14. The smallest absolute Gasteiger partial charge is 0.338 e. The second kappa shape index (κ2) is 25.6. The van der Waals surface area contributed by atoms with Crippen molar-refractivity contribution in [2.45, 2.75) is 170 Å². The van der Waals surface area contributed by atoms with E-state index in [1.54, 1.807) is 92.7 Å². The van der Waals surface area contributed by atoms with Crippen LogP contribution in [0.1, 0.15) is 86.7 Å². The summed E-state index contributed by atoms with van der Waals surface area (Å²) in [5, 5.41) is 117. The predicted octanol–water partition coefficient (Wildman–Crippen LogP) is -1.66. The largest absolute Gasteiger partial charge is 0.456 e. The molecule has 12 N–H and O–H groups in total. The van der Waals surface area contributed by atoms with E-state index in [-0.39, 0.29) is 35.3 Å². The van der Waals surface area contributed by atoms with Crippen LogP contribution in [0.4, 0.5) is 0 Å². The number of ether oxygens (including phenoxy) is 8. The van der Waals surface area contributed by atoms with Gasteiger partial charge in [-0.15, -0.1) is 0 Å². The van der Waals surface area contributed by atoms with Gasteiger partial charge in [-0.3, -0.25) is 19.2 Å². The molecule has 3 aliphatic heterocycles. The first-order valence-corrected chi connectivity index (χ1v) is 27.6. The number of carbonyl (C=O) groups is 6. The lowest BCUT2D eigenvalue weighted by Gasteiger charge is -2.67. The van der Waals surface area contributed by atoms with Gasteiger partial charge in [0.25, 0.3) is 5.91 Å². The lowest BCUT2D eigenvalue weighted by molar-refractivity contribution is -0.376. The van der Waals surface area contributed by atoms with Crippen LogP contribution in [0.3, 0.4) is 0 Å². The molecular formula is C59H73NO25. The average Bonchev–Trinajstić information content (AvgIpc) is 0.705. The van der Waals surface area contributed by atoms with Crippen LogP contribution >= 0.6 is 0 Å². The van der Waals surface area contributed by atoms with Gasteiger partial charge in [-0.2, -0.15) is 0 Å². The molecule has 2 bridgehead atoms. The average molecular weight is 1200 g/mol. The van der Waals surface area contributed by atoms with Crippen molar-refractivity contribution in [1.82, 2.24) is 5.32 Å². The summed E-state index contributed by atoms with van der Waals surface area (Å²) in [5.41, 5.74) is -7.02. The number of hydrogen-bond donors (Lipinski definition) is 12. The van der Waals surface area contributed by atoms with Gasteiger partial charge in [0.1, 0.15) is 72.7 Å². The molecule has 21 atom stereocenters. The van der Waals surface area contributed by atoms with Gasteiger partial charge < -0.3 is 99.4 Å². The summed E-state index contributed by atoms with van der Waals surface area (Å²) in [6.45, 7) is 6.64. The summed E-state index contributed by atoms with van der Waals surface area (Å²) >= 11 is 0. The molecule has 3 heterocycles. The minimum absolute atomic E-state index is 0.00289. The normalized spacial score (nSPS) is 37.2. The Kier molecular flexibility index (Phi) is 19.6. The van der Waals surface area contributed by atoms with E-state index < -0.39 is 187 Å². The molecule has 3 aromatic rings. The van der Waals surface area contributed by atoms with Gasteiger partial charge in [0.2, 0.25) is 0 Å². The third kappa shape index (κ3) is 12.0. The standard InChI is InChI=1S/C47H51NO14.C12H22O11/c1-25-31(60-43(56)36(52)35(28-16-10-7-11-17-28)48-41(54)29-18-12-8-13-19-29)23-47(57)40(61-42(55)30-20-14-9-15-21-30)38-45(6,32(51)22-33-46(38,24-58-33)62-27(3)50)39(53)37(59-26(2)49)34(25)44(47,4)5;13-1-3-5(15)7(17)9(19)11(21-3)23-12-10(20)8(18)6(16)4(2-14)22-12/h7-21,31-33,35-38,40,51-52,57H,22-24H2,1-6H3,(H,48,54);3-20H,1-2H2/t31-,32-,33+,35-,36+,37+,38-,40-,45+,46-,47+;3-,4-,5-,6-,7+,8+,9-,10-,11-,12-/m01/s1. The number of amides is 1. The van der Waals surface area contributed by atoms with Crippen molar-refractivity contribution in [2.75, 3.05) is 19.8 Å². The highest BCUT2D eigenvalue weighted by atomic mass is 16.8. The molecule has 0 radical (unpaired) electrons. The molecule has 3 aromatic carbocycles. The Morgan fingerprint density at radius 2 is 1.21 bits per heavy atom. The van der Waals surface area contributed by atoms with Gasteiger partial charge in [0, 0.05) is 37.7 Å². The highest BCUT2D eigenvalue weighted by molar-refractivity contribution is 5.96. The van der Waals surface area contributed by atoms with Crippen LogP contribution in [-0.2, 0) is 57.1 Å². The van der Waals surface area contributed by atoms with Gasteiger partial charge in [-0.25, -0.2) is 9.59 Å². The number of carbonyl (C=O) groups excluding carboxylic acids is 6. The molecule has 85 heavy (non-hydrogen) atoms. The van der Waals surface area contributed by atoms with Crippen LogP contribution in [0.15, 0.2) is 102 Å². The molecule has 464 valence electrons. The number of fused-ring (bicyclic) bond motifs is 5. The zero-order valence-corrected chi connectivity index (χ0v) is 47.2. The molecule has 6 aliphatic rings. The van der Waals surface area contributed by atoms with Crippen LogP contribution in [0.5, 0.6) is 0 Å². The Hall–Kier alpha value is -6.18. The molecule has 9 rings (SSSR count). The number of esters is 4. The lowest BCUT2D eigenvalue weighted by Crippen LogP contribution is -2.82. The van der Waals surface area contributed by atoms with E-state index in [1.165, 1.54) is 26.0 Å². The second-order valence-electron chi connectivity index (χ2n) is 22.9. The number of aliphatic hydroxyl groups is 11. The highest BCUT2D eigenvalue weighted by Crippen LogP contribution is 2.64. The molecule has 1 amide bonds. The van der Waals surface area contributed by atoms with E-state index in [9.17, 15) is 69.9 Å². The predicted molar refractivity (Wildman–Crippen MR) is 286 cm³/mol. The van der Waals surface area contributed by atoms with E-state index in [0.717, 1.165) is 13.8 Å². The number of hydrogen-bond acceptors (Lipinski definition) is 25. The molecule has 5 fully saturated rings. The quantitative estimate of drug-likeness (QED) is 0.0488. The van der Waals surface area contributed by atoms with E-state index >= 15 is 4.79 Å². The zero-order valence-electron chi connectivity index (χ0n) is 47.2. The minimum Gasteiger partial charge on any atom is -0.456 e. The van der Waals surface area contributed by atoms with E-state index in [0.29, 0.717) is 5.56 Å². The summed E-state index contributed by atoms with van der Waals surface area (Å²) in [7, 11) is 0. The fourth-order valence-corrected chi connectivity index (χ4v) is 12.7. The maximum atomic E-state index is 15.5. The van der Waals surface area contributed by atoms with Crippen LogP contribution in [-0.4, -0.2) is 221 Å². The number of benzene rings is 3. The van der Waals surface area contributed by atoms with Crippen LogP contribution < -0.4 is 5.32 Å².